The molecule has 0 saturated carbocycles. The minimum absolute atomic E-state index is 0.289. The van der Waals surface area contributed by atoms with E-state index in [0.29, 0.717) is 13.1 Å². The first-order chi connectivity index (χ1) is 8.29. The van der Waals surface area contributed by atoms with Gasteiger partial charge >= 0.3 is 0 Å². The highest BCUT2D eigenvalue weighted by molar-refractivity contribution is 5.28. The highest BCUT2D eigenvalue weighted by Gasteiger charge is 2.03. The van der Waals surface area contributed by atoms with Gasteiger partial charge in [0, 0.05) is 19.1 Å². The second-order valence-corrected chi connectivity index (χ2v) is 3.98. The Labute approximate surface area is 101 Å². The molecule has 0 spiro atoms. The lowest BCUT2D eigenvalue weighted by atomic mass is 10.3. The van der Waals surface area contributed by atoms with Gasteiger partial charge < -0.3 is 11.1 Å². The first kappa shape index (κ1) is 11.8. The van der Waals surface area contributed by atoms with Gasteiger partial charge in [0.2, 0.25) is 0 Å². The van der Waals surface area contributed by atoms with E-state index in [4.69, 9.17) is 5.73 Å². The average molecular weight is 231 g/mol. The van der Waals surface area contributed by atoms with Crippen molar-refractivity contribution in [2.75, 3.05) is 6.54 Å². The molecule has 1 aromatic carbocycles. The Morgan fingerprint density at radius 2 is 2.12 bits per heavy atom. The molecule has 2 aromatic rings. The molecule has 17 heavy (non-hydrogen) atoms. The molecule has 1 unspecified atom stereocenters. The van der Waals surface area contributed by atoms with Crippen LogP contribution in [0.25, 0.3) is 5.69 Å². The van der Waals surface area contributed by atoms with E-state index in [1.54, 1.807) is 11.0 Å². The van der Waals surface area contributed by atoms with Crippen LogP contribution in [0.1, 0.15) is 12.6 Å². The summed E-state index contributed by atoms with van der Waals surface area (Å²) in [5, 5.41) is 11.9. The zero-order chi connectivity index (χ0) is 12.1. The number of aromatic nitrogens is 3. The van der Waals surface area contributed by atoms with Crippen molar-refractivity contribution in [3.05, 3.63) is 42.2 Å². The highest BCUT2D eigenvalue weighted by atomic mass is 15.5. The first-order valence-corrected chi connectivity index (χ1v) is 5.69. The Bertz CT molecular complexity index is 451. The van der Waals surface area contributed by atoms with E-state index in [1.807, 2.05) is 37.3 Å². The minimum atomic E-state index is 0.289. The normalized spacial score (nSPS) is 12.6. The number of rotatable bonds is 5. The maximum atomic E-state index is 5.53. The molecule has 1 aromatic heterocycles. The lowest BCUT2D eigenvalue weighted by molar-refractivity contribution is 0.548. The molecule has 1 atom stereocenters. The van der Waals surface area contributed by atoms with Crippen molar-refractivity contribution in [1.82, 2.24) is 20.3 Å². The van der Waals surface area contributed by atoms with Crippen LogP contribution in [0.15, 0.2) is 36.5 Å². The van der Waals surface area contributed by atoms with Crippen LogP contribution in [0.3, 0.4) is 0 Å². The van der Waals surface area contributed by atoms with Crippen molar-refractivity contribution in [3.63, 3.8) is 0 Å². The third-order valence-electron chi connectivity index (χ3n) is 2.51. The van der Waals surface area contributed by atoms with Crippen molar-refractivity contribution in [2.45, 2.75) is 19.5 Å². The predicted molar refractivity (Wildman–Crippen MR) is 66.7 cm³/mol. The van der Waals surface area contributed by atoms with Gasteiger partial charge in [-0.2, -0.15) is 15.0 Å². The molecule has 0 aliphatic carbocycles. The second kappa shape index (κ2) is 5.56. The van der Waals surface area contributed by atoms with Gasteiger partial charge in [-0.1, -0.05) is 18.2 Å². The highest BCUT2D eigenvalue weighted by Crippen LogP contribution is 2.04. The number of nitrogens with two attached hydrogens (primary N) is 1. The van der Waals surface area contributed by atoms with Crippen LogP contribution < -0.4 is 11.1 Å². The Hall–Kier alpha value is -1.72. The minimum Gasteiger partial charge on any atom is -0.329 e. The third kappa shape index (κ3) is 3.12. The molecule has 3 N–H and O–H groups in total. The lowest BCUT2D eigenvalue weighted by Crippen LogP contribution is -2.32. The molecule has 0 radical (unpaired) electrons. The molecule has 5 nitrogen and oxygen atoms in total. The van der Waals surface area contributed by atoms with Gasteiger partial charge in [0.15, 0.2) is 0 Å². The summed E-state index contributed by atoms with van der Waals surface area (Å²) in [7, 11) is 0. The van der Waals surface area contributed by atoms with Gasteiger partial charge in [-0.25, -0.2) is 0 Å². The molecule has 2 rings (SSSR count). The number of para-hydroxylation sites is 1. The van der Waals surface area contributed by atoms with E-state index in [-0.39, 0.29) is 6.04 Å². The summed E-state index contributed by atoms with van der Waals surface area (Å²) in [5.74, 6) is 0. The fourth-order valence-electron chi connectivity index (χ4n) is 1.42. The first-order valence-electron chi connectivity index (χ1n) is 5.69. The van der Waals surface area contributed by atoms with Gasteiger partial charge in [0.25, 0.3) is 0 Å². The number of nitrogens with one attached hydrogen (secondary N) is 1. The van der Waals surface area contributed by atoms with Crippen LogP contribution in [-0.4, -0.2) is 27.6 Å². The van der Waals surface area contributed by atoms with Crippen LogP contribution in [-0.2, 0) is 6.54 Å². The number of hydrogen-bond donors (Lipinski definition) is 2. The Morgan fingerprint density at radius 3 is 2.82 bits per heavy atom. The molecular weight excluding hydrogens is 214 g/mol. The van der Waals surface area contributed by atoms with Crippen LogP contribution >= 0.6 is 0 Å². The molecule has 0 saturated heterocycles. The van der Waals surface area contributed by atoms with Crippen LogP contribution in [0.4, 0.5) is 0 Å². The zero-order valence-electron chi connectivity index (χ0n) is 9.87. The summed E-state index contributed by atoms with van der Waals surface area (Å²) < 4.78 is 0. The van der Waals surface area contributed by atoms with Gasteiger partial charge in [0.1, 0.15) is 0 Å². The standard InChI is InChI=1S/C12H17N5/c1-10(7-13)14-8-11-9-15-17(16-11)12-5-3-2-4-6-12/h2-6,9-10,14H,7-8,13H2,1H3. The second-order valence-electron chi connectivity index (χ2n) is 3.98. The van der Waals surface area contributed by atoms with Crippen molar-refractivity contribution < 1.29 is 0 Å². The van der Waals surface area contributed by atoms with Crippen molar-refractivity contribution >= 4 is 0 Å². The van der Waals surface area contributed by atoms with Crippen molar-refractivity contribution in [2.24, 2.45) is 5.73 Å². The summed E-state index contributed by atoms with van der Waals surface area (Å²) in [6, 6.07) is 10.1. The Morgan fingerprint density at radius 1 is 1.35 bits per heavy atom. The predicted octanol–water partition coefficient (Wildman–Crippen LogP) is 0.704. The van der Waals surface area contributed by atoms with E-state index < -0.39 is 0 Å². The zero-order valence-corrected chi connectivity index (χ0v) is 9.87. The number of nitrogens with zero attached hydrogens (tertiary/aromatic N) is 3. The molecule has 0 aliphatic heterocycles. The summed E-state index contributed by atoms with van der Waals surface area (Å²) in [5.41, 5.74) is 7.40. The summed E-state index contributed by atoms with van der Waals surface area (Å²) >= 11 is 0. The third-order valence-corrected chi connectivity index (χ3v) is 2.51. The molecular formula is C12H17N5. The summed E-state index contributed by atoms with van der Waals surface area (Å²) in [6.45, 7) is 3.35. The van der Waals surface area contributed by atoms with E-state index in [9.17, 15) is 0 Å². The van der Waals surface area contributed by atoms with Crippen LogP contribution in [0.5, 0.6) is 0 Å². The molecule has 1 heterocycles. The Kier molecular flexibility index (Phi) is 3.85. The topological polar surface area (TPSA) is 68.8 Å². The van der Waals surface area contributed by atoms with E-state index in [1.165, 1.54) is 0 Å². The van der Waals surface area contributed by atoms with Crippen LogP contribution in [0, 0.1) is 0 Å². The average Bonchev–Trinajstić information content (AvgIpc) is 2.86. The van der Waals surface area contributed by atoms with Crippen molar-refractivity contribution in [1.29, 1.82) is 0 Å². The van der Waals surface area contributed by atoms with Gasteiger partial charge in [0.05, 0.1) is 17.6 Å². The Balaban J connectivity index is 2.01. The fraction of sp³-hybridized carbons (Fsp3) is 0.333. The molecule has 0 aliphatic rings. The SMILES string of the molecule is CC(CN)NCc1cnn(-c2ccccc2)n1. The monoisotopic (exact) mass is 231 g/mol. The maximum Gasteiger partial charge on any atom is 0.0969 e. The van der Waals surface area contributed by atoms with E-state index in [2.05, 4.69) is 15.5 Å². The smallest absolute Gasteiger partial charge is 0.0969 e. The summed E-state index contributed by atoms with van der Waals surface area (Å²) in [6.07, 6.45) is 1.77. The molecule has 90 valence electrons. The van der Waals surface area contributed by atoms with E-state index in [0.717, 1.165) is 11.4 Å². The summed E-state index contributed by atoms with van der Waals surface area (Å²) in [4.78, 5) is 1.63. The van der Waals surface area contributed by atoms with E-state index >= 15 is 0 Å². The van der Waals surface area contributed by atoms with Gasteiger partial charge in [-0.15, -0.1) is 0 Å². The number of benzene rings is 1. The fourth-order valence-corrected chi connectivity index (χ4v) is 1.42. The quantitative estimate of drug-likeness (QED) is 0.795. The maximum absolute atomic E-state index is 5.53. The molecule has 0 amide bonds. The van der Waals surface area contributed by atoms with Crippen LogP contribution in [0.2, 0.25) is 0 Å². The largest absolute Gasteiger partial charge is 0.329 e. The van der Waals surface area contributed by atoms with Crippen molar-refractivity contribution in [3.8, 4) is 5.69 Å². The molecule has 0 fully saturated rings. The number of hydrogen-bond acceptors (Lipinski definition) is 4. The molecule has 5 heteroatoms. The van der Waals surface area contributed by atoms with Gasteiger partial charge in [-0.3, -0.25) is 0 Å². The molecule has 0 bridgehead atoms. The lowest BCUT2D eigenvalue weighted by Gasteiger charge is -2.08. The van der Waals surface area contributed by atoms with Gasteiger partial charge in [-0.05, 0) is 19.1 Å².